The molecule has 0 unspecified atom stereocenters. The predicted molar refractivity (Wildman–Crippen MR) is 74.7 cm³/mol. The number of nitrogens with one attached hydrogen (secondary N) is 1. The van der Waals surface area contributed by atoms with Crippen LogP contribution in [0.15, 0.2) is 35.8 Å². The standard InChI is InChI=1S/C14H14N2OS/c1-14(2,17)13-16-12(8-18-13)10-7-15-11-6-4-3-5-9(10)11/h3-8,15,17H,1-2H3. The second-order valence-corrected chi connectivity index (χ2v) is 5.70. The molecule has 0 bridgehead atoms. The van der Waals surface area contributed by atoms with Gasteiger partial charge < -0.3 is 10.1 Å². The Hall–Kier alpha value is -1.65. The van der Waals surface area contributed by atoms with Gasteiger partial charge in [0.1, 0.15) is 10.6 Å². The highest BCUT2D eigenvalue weighted by Gasteiger charge is 2.21. The van der Waals surface area contributed by atoms with Crippen LogP contribution in [0.3, 0.4) is 0 Å². The van der Waals surface area contributed by atoms with Crippen molar-refractivity contribution in [3.63, 3.8) is 0 Å². The van der Waals surface area contributed by atoms with Crippen molar-refractivity contribution in [2.24, 2.45) is 0 Å². The normalized spacial score (nSPS) is 12.2. The lowest BCUT2D eigenvalue weighted by atomic mass is 10.1. The van der Waals surface area contributed by atoms with E-state index in [1.807, 2.05) is 29.8 Å². The van der Waals surface area contributed by atoms with Gasteiger partial charge in [-0.25, -0.2) is 4.98 Å². The Kier molecular flexibility index (Phi) is 2.50. The number of rotatable bonds is 2. The van der Waals surface area contributed by atoms with Crippen molar-refractivity contribution in [1.82, 2.24) is 9.97 Å². The van der Waals surface area contributed by atoms with Crippen LogP contribution in [0.25, 0.3) is 22.2 Å². The summed E-state index contributed by atoms with van der Waals surface area (Å²) in [6.07, 6.45) is 1.97. The second kappa shape index (κ2) is 3.93. The van der Waals surface area contributed by atoms with E-state index in [0.29, 0.717) is 0 Å². The monoisotopic (exact) mass is 258 g/mol. The fourth-order valence-electron chi connectivity index (χ4n) is 1.96. The first-order chi connectivity index (χ1) is 8.55. The lowest BCUT2D eigenvalue weighted by Crippen LogP contribution is -2.14. The number of aromatic nitrogens is 2. The van der Waals surface area contributed by atoms with Crippen LogP contribution in [0.2, 0.25) is 0 Å². The Labute approximate surface area is 109 Å². The highest BCUT2D eigenvalue weighted by Crippen LogP contribution is 2.32. The topological polar surface area (TPSA) is 48.9 Å². The van der Waals surface area contributed by atoms with Crippen molar-refractivity contribution >= 4 is 22.2 Å². The van der Waals surface area contributed by atoms with Gasteiger partial charge in [0, 0.05) is 28.0 Å². The van der Waals surface area contributed by atoms with E-state index in [2.05, 4.69) is 16.0 Å². The van der Waals surface area contributed by atoms with Gasteiger partial charge in [0.15, 0.2) is 0 Å². The molecule has 2 aromatic heterocycles. The molecule has 3 aromatic rings. The lowest BCUT2D eigenvalue weighted by Gasteiger charge is -2.12. The molecule has 0 aliphatic rings. The molecule has 0 aliphatic heterocycles. The molecule has 0 radical (unpaired) electrons. The third-order valence-electron chi connectivity index (χ3n) is 2.89. The van der Waals surface area contributed by atoms with Gasteiger partial charge in [-0.1, -0.05) is 18.2 Å². The molecule has 0 saturated heterocycles. The predicted octanol–water partition coefficient (Wildman–Crippen LogP) is 3.52. The minimum atomic E-state index is -0.880. The Morgan fingerprint density at radius 2 is 2.06 bits per heavy atom. The van der Waals surface area contributed by atoms with Crippen LogP contribution in [0.1, 0.15) is 18.9 Å². The number of hydrogen-bond donors (Lipinski definition) is 2. The zero-order valence-corrected chi connectivity index (χ0v) is 11.1. The molecule has 0 spiro atoms. The third-order valence-corrected chi connectivity index (χ3v) is 4.05. The summed E-state index contributed by atoms with van der Waals surface area (Å²) in [4.78, 5) is 7.76. The van der Waals surface area contributed by atoms with Gasteiger partial charge >= 0.3 is 0 Å². The van der Waals surface area contributed by atoms with Crippen LogP contribution in [0.5, 0.6) is 0 Å². The summed E-state index contributed by atoms with van der Waals surface area (Å²) >= 11 is 1.49. The molecular weight excluding hydrogens is 244 g/mol. The summed E-state index contributed by atoms with van der Waals surface area (Å²) < 4.78 is 0. The molecule has 0 saturated carbocycles. The lowest BCUT2D eigenvalue weighted by molar-refractivity contribution is 0.0783. The van der Waals surface area contributed by atoms with E-state index < -0.39 is 5.60 Å². The Morgan fingerprint density at radius 3 is 2.78 bits per heavy atom. The van der Waals surface area contributed by atoms with Crippen LogP contribution >= 0.6 is 11.3 Å². The zero-order valence-electron chi connectivity index (χ0n) is 10.3. The van der Waals surface area contributed by atoms with Crippen LogP contribution in [0, 0.1) is 0 Å². The third kappa shape index (κ3) is 1.83. The van der Waals surface area contributed by atoms with E-state index in [0.717, 1.165) is 27.2 Å². The van der Waals surface area contributed by atoms with E-state index in [-0.39, 0.29) is 0 Å². The van der Waals surface area contributed by atoms with Crippen molar-refractivity contribution in [2.45, 2.75) is 19.4 Å². The van der Waals surface area contributed by atoms with Crippen LogP contribution in [-0.2, 0) is 5.60 Å². The number of fused-ring (bicyclic) bond motifs is 1. The van der Waals surface area contributed by atoms with Gasteiger partial charge in [0.05, 0.1) is 5.69 Å². The van der Waals surface area contributed by atoms with E-state index >= 15 is 0 Å². The van der Waals surface area contributed by atoms with Crippen LogP contribution < -0.4 is 0 Å². The van der Waals surface area contributed by atoms with Crippen molar-refractivity contribution in [3.8, 4) is 11.3 Å². The summed E-state index contributed by atoms with van der Waals surface area (Å²) in [6.45, 7) is 3.51. The van der Waals surface area contributed by atoms with E-state index in [1.54, 1.807) is 13.8 Å². The number of benzene rings is 1. The highest BCUT2D eigenvalue weighted by molar-refractivity contribution is 7.10. The van der Waals surface area contributed by atoms with E-state index in [4.69, 9.17) is 0 Å². The fraction of sp³-hybridized carbons (Fsp3) is 0.214. The van der Waals surface area contributed by atoms with Crippen molar-refractivity contribution in [1.29, 1.82) is 0 Å². The molecule has 92 valence electrons. The molecular formula is C14H14N2OS. The fourth-order valence-corrected chi connectivity index (χ4v) is 2.80. The number of aliphatic hydroxyl groups is 1. The molecule has 0 amide bonds. The Bertz CT molecular complexity index is 691. The van der Waals surface area contributed by atoms with Crippen LogP contribution in [-0.4, -0.2) is 15.1 Å². The first-order valence-electron chi connectivity index (χ1n) is 5.80. The van der Waals surface area contributed by atoms with Gasteiger partial charge in [-0.05, 0) is 19.9 Å². The van der Waals surface area contributed by atoms with Gasteiger partial charge in [0.2, 0.25) is 0 Å². The minimum absolute atomic E-state index is 0.739. The van der Waals surface area contributed by atoms with Crippen molar-refractivity contribution in [2.75, 3.05) is 0 Å². The van der Waals surface area contributed by atoms with E-state index in [9.17, 15) is 5.11 Å². The molecule has 18 heavy (non-hydrogen) atoms. The van der Waals surface area contributed by atoms with Gasteiger partial charge in [-0.2, -0.15) is 0 Å². The van der Waals surface area contributed by atoms with E-state index in [1.165, 1.54) is 11.3 Å². The number of nitrogens with zero attached hydrogens (tertiary/aromatic N) is 1. The van der Waals surface area contributed by atoms with Crippen molar-refractivity contribution in [3.05, 3.63) is 40.8 Å². The summed E-state index contributed by atoms with van der Waals surface area (Å²) in [7, 11) is 0. The van der Waals surface area contributed by atoms with Crippen molar-refractivity contribution < 1.29 is 5.11 Å². The summed E-state index contributed by atoms with van der Waals surface area (Å²) in [5.74, 6) is 0. The summed E-state index contributed by atoms with van der Waals surface area (Å²) in [5.41, 5.74) is 2.21. The van der Waals surface area contributed by atoms with Crippen LogP contribution in [0.4, 0.5) is 0 Å². The maximum absolute atomic E-state index is 9.95. The molecule has 0 atom stereocenters. The molecule has 1 aromatic carbocycles. The Morgan fingerprint density at radius 1 is 1.28 bits per heavy atom. The smallest absolute Gasteiger partial charge is 0.124 e. The molecule has 4 heteroatoms. The first kappa shape index (κ1) is 11.4. The highest BCUT2D eigenvalue weighted by atomic mass is 32.1. The maximum atomic E-state index is 9.95. The quantitative estimate of drug-likeness (QED) is 0.739. The number of para-hydroxylation sites is 1. The Balaban J connectivity index is 2.13. The molecule has 0 fully saturated rings. The SMILES string of the molecule is CC(C)(O)c1nc(-c2c[nH]c3ccccc23)cs1. The molecule has 3 nitrogen and oxygen atoms in total. The zero-order chi connectivity index (χ0) is 12.8. The molecule has 2 heterocycles. The summed E-state index contributed by atoms with van der Waals surface area (Å²) in [5, 5.41) is 13.8. The molecule has 2 N–H and O–H groups in total. The average molecular weight is 258 g/mol. The van der Waals surface area contributed by atoms with Gasteiger partial charge in [-0.15, -0.1) is 11.3 Å². The number of aromatic amines is 1. The average Bonchev–Trinajstić information content (AvgIpc) is 2.94. The second-order valence-electron chi connectivity index (χ2n) is 4.84. The molecule has 3 rings (SSSR count). The maximum Gasteiger partial charge on any atom is 0.124 e. The van der Waals surface area contributed by atoms with Gasteiger partial charge in [-0.3, -0.25) is 0 Å². The molecule has 0 aliphatic carbocycles. The number of H-pyrrole nitrogens is 1. The minimum Gasteiger partial charge on any atom is -0.383 e. The van der Waals surface area contributed by atoms with Gasteiger partial charge in [0.25, 0.3) is 0 Å². The largest absolute Gasteiger partial charge is 0.383 e. The summed E-state index contributed by atoms with van der Waals surface area (Å²) in [6, 6.07) is 8.14. The number of thiazole rings is 1. The first-order valence-corrected chi connectivity index (χ1v) is 6.68. The number of hydrogen-bond acceptors (Lipinski definition) is 3.